The van der Waals surface area contributed by atoms with Crippen molar-refractivity contribution in [2.45, 2.75) is 62.2 Å². The smallest absolute Gasteiger partial charge is 0.271 e. The van der Waals surface area contributed by atoms with Crippen molar-refractivity contribution in [3.8, 4) is 21.9 Å². The predicted octanol–water partition coefficient (Wildman–Crippen LogP) is 6.68. The van der Waals surface area contributed by atoms with Gasteiger partial charge in [-0.1, -0.05) is 50.3 Å². The van der Waals surface area contributed by atoms with Crippen molar-refractivity contribution in [3.63, 3.8) is 0 Å². The molecule has 1 aliphatic rings. The van der Waals surface area contributed by atoms with E-state index >= 15 is 0 Å². The molecule has 0 spiro atoms. The van der Waals surface area contributed by atoms with E-state index in [0.717, 1.165) is 21.9 Å². The van der Waals surface area contributed by atoms with E-state index in [1.165, 1.54) is 49.9 Å². The van der Waals surface area contributed by atoms with Crippen LogP contribution in [-0.4, -0.2) is 28.7 Å². The zero-order valence-corrected chi connectivity index (χ0v) is 22.9. The van der Waals surface area contributed by atoms with Crippen molar-refractivity contribution in [1.82, 2.24) is 5.32 Å². The average Bonchev–Trinajstić information content (AvgIpc) is 3.40. The molecular formula is C28H36N2O4S2. The summed E-state index contributed by atoms with van der Waals surface area (Å²) >= 11 is 1.23. The van der Waals surface area contributed by atoms with Crippen LogP contribution in [0.2, 0.25) is 0 Å². The molecule has 2 N–H and O–H groups in total. The number of sulfonamides is 1. The van der Waals surface area contributed by atoms with Crippen LogP contribution in [0.25, 0.3) is 10.4 Å². The summed E-state index contributed by atoms with van der Waals surface area (Å²) < 4.78 is 40.3. The van der Waals surface area contributed by atoms with E-state index in [0.29, 0.717) is 29.8 Å². The summed E-state index contributed by atoms with van der Waals surface area (Å²) in [5, 5.41) is 3.60. The van der Waals surface area contributed by atoms with Gasteiger partial charge in [0.1, 0.15) is 4.21 Å². The first-order chi connectivity index (χ1) is 17.4. The van der Waals surface area contributed by atoms with Crippen LogP contribution >= 0.6 is 11.3 Å². The number of nitrogens with one attached hydrogen (secondary N) is 2. The summed E-state index contributed by atoms with van der Waals surface area (Å²) in [6.07, 6.45) is 7.88. The maximum Gasteiger partial charge on any atom is 0.271 e. The molecule has 3 aromatic rings. The molecule has 1 fully saturated rings. The quantitative estimate of drug-likeness (QED) is 0.290. The van der Waals surface area contributed by atoms with Crippen LogP contribution in [-0.2, 0) is 16.6 Å². The summed E-state index contributed by atoms with van der Waals surface area (Å²) in [6.45, 7) is 2.84. The van der Waals surface area contributed by atoms with Crippen LogP contribution in [0.15, 0.2) is 58.8 Å². The van der Waals surface area contributed by atoms with Gasteiger partial charge < -0.3 is 14.8 Å². The molecule has 1 heterocycles. The number of ether oxygens (including phenoxy) is 2. The van der Waals surface area contributed by atoms with Gasteiger partial charge in [-0.2, -0.15) is 0 Å². The Kier molecular flexibility index (Phi) is 8.93. The lowest BCUT2D eigenvalue weighted by Crippen LogP contribution is -2.29. The third kappa shape index (κ3) is 6.60. The molecule has 0 amide bonds. The predicted molar refractivity (Wildman–Crippen MR) is 148 cm³/mol. The zero-order valence-electron chi connectivity index (χ0n) is 21.3. The van der Waals surface area contributed by atoms with Crippen molar-refractivity contribution in [1.29, 1.82) is 0 Å². The molecule has 4 rings (SSSR count). The average molecular weight is 529 g/mol. The van der Waals surface area contributed by atoms with E-state index in [1.807, 2.05) is 48.5 Å². The molecule has 0 saturated heterocycles. The molecule has 0 aliphatic heterocycles. The number of benzene rings is 2. The lowest BCUT2D eigenvalue weighted by Gasteiger charge is -2.25. The van der Waals surface area contributed by atoms with Crippen molar-refractivity contribution in [2.75, 3.05) is 18.9 Å². The Morgan fingerprint density at radius 1 is 0.972 bits per heavy atom. The lowest BCUT2D eigenvalue weighted by molar-refractivity contribution is 0.305. The SMILES string of the molecule is COc1ccc(-c2ccc(S(=O)(=O)Nc3ccccc3CN[C@@H](C)CC3CCCCC3)s2)cc1OC. The maximum atomic E-state index is 13.3. The minimum Gasteiger partial charge on any atom is -0.493 e. The number of hydrogen-bond acceptors (Lipinski definition) is 6. The Morgan fingerprint density at radius 2 is 1.72 bits per heavy atom. The summed E-state index contributed by atoms with van der Waals surface area (Å²) in [5.41, 5.74) is 2.42. The molecule has 1 atom stereocenters. The number of hydrogen-bond donors (Lipinski definition) is 2. The van der Waals surface area contributed by atoms with Crippen LogP contribution in [0.4, 0.5) is 5.69 Å². The van der Waals surface area contributed by atoms with E-state index in [2.05, 4.69) is 17.0 Å². The third-order valence-corrected chi connectivity index (χ3v) is 9.82. The van der Waals surface area contributed by atoms with E-state index in [4.69, 9.17) is 9.47 Å². The topological polar surface area (TPSA) is 76.7 Å². The van der Waals surface area contributed by atoms with Gasteiger partial charge in [0.25, 0.3) is 10.0 Å². The van der Waals surface area contributed by atoms with Gasteiger partial charge in [0, 0.05) is 17.5 Å². The highest BCUT2D eigenvalue weighted by Crippen LogP contribution is 2.37. The van der Waals surface area contributed by atoms with E-state index in [9.17, 15) is 8.42 Å². The molecule has 2 aromatic carbocycles. The maximum absolute atomic E-state index is 13.3. The van der Waals surface area contributed by atoms with Gasteiger partial charge in [0.2, 0.25) is 0 Å². The highest BCUT2D eigenvalue weighted by atomic mass is 32.2. The molecule has 1 aromatic heterocycles. The summed E-state index contributed by atoms with van der Waals surface area (Å²) in [5.74, 6) is 2.03. The molecule has 8 heteroatoms. The zero-order chi connectivity index (χ0) is 25.5. The Labute approximate surface area is 219 Å². The molecular weight excluding hydrogens is 492 g/mol. The van der Waals surface area contributed by atoms with Crippen LogP contribution in [0.3, 0.4) is 0 Å². The fourth-order valence-electron chi connectivity index (χ4n) is 4.87. The second kappa shape index (κ2) is 12.1. The fourth-order valence-corrected chi connectivity index (χ4v) is 7.27. The van der Waals surface area contributed by atoms with Gasteiger partial charge >= 0.3 is 0 Å². The normalized spacial score (nSPS) is 15.4. The molecule has 36 heavy (non-hydrogen) atoms. The summed E-state index contributed by atoms with van der Waals surface area (Å²) in [7, 11) is -0.559. The van der Waals surface area contributed by atoms with E-state index in [-0.39, 0.29) is 4.21 Å². The molecule has 1 saturated carbocycles. The largest absolute Gasteiger partial charge is 0.493 e. The van der Waals surface area contributed by atoms with Crippen LogP contribution in [0.1, 0.15) is 51.0 Å². The number of para-hydroxylation sites is 1. The monoisotopic (exact) mass is 528 g/mol. The van der Waals surface area contributed by atoms with E-state index in [1.54, 1.807) is 20.3 Å². The standard InChI is InChI=1S/C28H36N2O4S2/c1-20(17-21-9-5-4-6-10-21)29-19-23-11-7-8-12-24(23)30-36(31,32)28-16-15-27(35-28)22-13-14-25(33-2)26(18-22)34-3/h7-8,11-16,18,20-21,29-30H,4-6,9-10,17,19H2,1-3H3/t20-/m0/s1. The lowest BCUT2D eigenvalue weighted by atomic mass is 9.85. The summed E-state index contributed by atoms with van der Waals surface area (Å²) in [6, 6.07) is 17.0. The second-order valence-corrected chi connectivity index (χ2v) is 12.5. The van der Waals surface area contributed by atoms with Crippen molar-refractivity contribution < 1.29 is 17.9 Å². The Hall–Kier alpha value is -2.55. The molecule has 0 bridgehead atoms. The number of thiophene rings is 1. The highest BCUT2D eigenvalue weighted by Gasteiger charge is 2.20. The van der Waals surface area contributed by atoms with Crippen molar-refractivity contribution in [2.24, 2.45) is 5.92 Å². The number of rotatable bonds is 11. The highest BCUT2D eigenvalue weighted by molar-refractivity contribution is 7.94. The van der Waals surface area contributed by atoms with Crippen LogP contribution < -0.4 is 19.5 Å². The van der Waals surface area contributed by atoms with Gasteiger partial charge in [0.05, 0.1) is 19.9 Å². The number of anilines is 1. The third-order valence-electron chi connectivity index (χ3n) is 6.83. The van der Waals surface area contributed by atoms with Gasteiger partial charge in [-0.05, 0) is 66.8 Å². The first kappa shape index (κ1) is 26.5. The Morgan fingerprint density at radius 3 is 2.47 bits per heavy atom. The molecule has 0 radical (unpaired) electrons. The minimum absolute atomic E-state index is 0.265. The first-order valence-electron chi connectivity index (χ1n) is 12.6. The summed E-state index contributed by atoms with van der Waals surface area (Å²) in [4.78, 5) is 0.836. The van der Waals surface area contributed by atoms with Crippen molar-refractivity contribution >= 4 is 27.0 Å². The second-order valence-electron chi connectivity index (χ2n) is 9.47. The molecule has 194 valence electrons. The Balaban J connectivity index is 1.44. The van der Waals surface area contributed by atoms with Gasteiger partial charge in [0.15, 0.2) is 11.5 Å². The van der Waals surface area contributed by atoms with Gasteiger partial charge in [-0.15, -0.1) is 11.3 Å². The van der Waals surface area contributed by atoms with Gasteiger partial charge in [-0.3, -0.25) is 4.72 Å². The van der Waals surface area contributed by atoms with Gasteiger partial charge in [-0.25, -0.2) is 8.42 Å². The number of methoxy groups -OCH3 is 2. The van der Waals surface area contributed by atoms with Crippen molar-refractivity contribution in [3.05, 3.63) is 60.2 Å². The molecule has 0 unspecified atom stereocenters. The minimum atomic E-state index is -3.73. The fraction of sp³-hybridized carbons (Fsp3) is 0.429. The van der Waals surface area contributed by atoms with Crippen LogP contribution in [0, 0.1) is 5.92 Å². The first-order valence-corrected chi connectivity index (χ1v) is 14.9. The molecule has 6 nitrogen and oxygen atoms in total. The van der Waals surface area contributed by atoms with Crippen LogP contribution in [0.5, 0.6) is 11.5 Å². The molecule has 1 aliphatic carbocycles. The Bertz CT molecular complexity index is 1250. The van der Waals surface area contributed by atoms with E-state index < -0.39 is 10.0 Å².